The minimum Gasteiger partial charge on any atom is -0.339 e. The Balaban J connectivity index is 1.45. The number of carbonyl (C=O) groups is 2. The highest BCUT2D eigenvalue weighted by atomic mass is 32.2. The zero-order valence-corrected chi connectivity index (χ0v) is 22.0. The van der Waals surface area contributed by atoms with Gasteiger partial charge in [0.05, 0.1) is 22.2 Å². The lowest BCUT2D eigenvalue weighted by Crippen LogP contribution is -2.37. The van der Waals surface area contributed by atoms with Gasteiger partial charge in [-0.15, -0.1) is 0 Å². The van der Waals surface area contributed by atoms with E-state index >= 15 is 0 Å². The average Bonchev–Trinajstić information content (AvgIpc) is 3.32. The van der Waals surface area contributed by atoms with Gasteiger partial charge in [-0.25, -0.2) is 12.9 Å². The number of benzene rings is 1. The molecule has 0 bridgehead atoms. The summed E-state index contributed by atoms with van der Waals surface area (Å²) in [6.07, 6.45) is 5.99. The minimum absolute atomic E-state index is 0.0274. The summed E-state index contributed by atoms with van der Waals surface area (Å²) < 4.78 is 29.7. The molecule has 1 aromatic carbocycles. The molecule has 1 aliphatic heterocycles. The molecule has 3 aromatic rings. The Morgan fingerprint density at radius 2 is 1.72 bits per heavy atom. The van der Waals surface area contributed by atoms with Gasteiger partial charge in [0.15, 0.2) is 0 Å². The number of nitrogens with zero attached hydrogens (tertiary/aromatic N) is 4. The zero-order chi connectivity index (χ0) is 25.9. The van der Waals surface area contributed by atoms with E-state index in [4.69, 9.17) is 0 Å². The fourth-order valence-electron chi connectivity index (χ4n) is 4.82. The molecule has 3 heterocycles. The topological polar surface area (TPSA) is 92.1 Å². The quantitative estimate of drug-likeness (QED) is 0.435. The van der Waals surface area contributed by atoms with E-state index in [0.29, 0.717) is 57.4 Å². The van der Waals surface area contributed by atoms with Gasteiger partial charge < -0.3 is 9.69 Å². The molecule has 0 spiro atoms. The first-order valence-electron chi connectivity index (χ1n) is 12.6. The van der Waals surface area contributed by atoms with Gasteiger partial charge in [0, 0.05) is 38.8 Å². The van der Waals surface area contributed by atoms with Crippen molar-refractivity contribution in [2.75, 3.05) is 26.2 Å². The van der Waals surface area contributed by atoms with Crippen LogP contribution in [0.3, 0.4) is 0 Å². The van der Waals surface area contributed by atoms with Crippen molar-refractivity contribution in [3.05, 3.63) is 65.5 Å². The molecule has 1 saturated heterocycles. The number of pyridine rings is 1. The first-order valence-corrected chi connectivity index (χ1v) is 14.0. The monoisotopic (exact) mass is 510 g/mol. The largest absolute Gasteiger partial charge is 0.339 e. The average molecular weight is 511 g/mol. The molecule has 1 aliphatic rings. The number of hydrogen-bond donors (Lipinski definition) is 0. The number of sulfonamides is 1. The second kappa shape index (κ2) is 10.9. The first kappa shape index (κ1) is 26.0. The van der Waals surface area contributed by atoms with Crippen LogP contribution in [-0.2, 0) is 21.2 Å². The predicted molar refractivity (Wildman–Crippen MR) is 139 cm³/mol. The van der Waals surface area contributed by atoms with Crippen molar-refractivity contribution in [2.45, 2.75) is 57.3 Å². The molecule has 0 saturated carbocycles. The second-order valence-electron chi connectivity index (χ2n) is 9.35. The van der Waals surface area contributed by atoms with Crippen LogP contribution in [0.2, 0.25) is 0 Å². The normalized spacial score (nSPS) is 15.3. The predicted octanol–water partition coefficient (Wildman–Crippen LogP) is 3.91. The van der Waals surface area contributed by atoms with Crippen LogP contribution in [0.5, 0.6) is 0 Å². The van der Waals surface area contributed by atoms with Gasteiger partial charge in [-0.1, -0.05) is 12.1 Å². The molecule has 0 radical (unpaired) electrons. The number of carbonyl (C=O) groups excluding carboxylic acids is 2. The number of fused-ring (bicyclic) bond motifs is 1. The van der Waals surface area contributed by atoms with Crippen molar-refractivity contribution in [3.8, 4) is 0 Å². The van der Waals surface area contributed by atoms with Gasteiger partial charge in [0.2, 0.25) is 10.0 Å². The Morgan fingerprint density at radius 3 is 2.33 bits per heavy atom. The van der Waals surface area contributed by atoms with Gasteiger partial charge in [0.1, 0.15) is 5.78 Å². The van der Waals surface area contributed by atoms with E-state index in [1.54, 1.807) is 51.1 Å². The van der Waals surface area contributed by atoms with Crippen LogP contribution in [0.25, 0.3) is 5.52 Å². The van der Waals surface area contributed by atoms with Crippen molar-refractivity contribution < 1.29 is 18.0 Å². The molecule has 0 unspecified atom stereocenters. The van der Waals surface area contributed by atoms with Gasteiger partial charge in [-0.3, -0.25) is 4.79 Å². The fourth-order valence-corrected chi connectivity index (χ4v) is 6.29. The van der Waals surface area contributed by atoms with Crippen molar-refractivity contribution in [1.29, 1.82) is 0 Å². The Bertz CT molecular complexity index is 1340. The number of hydrogen-bond acceptors (Lipinski definition) is 5. The zero-order valence-electron chi connectivity index (χ0n) is 21.2. The molecule has 0 atom stereocenters. The van der Waals surface area contributed by atoms with Crippen molar-refractivity contribution >= 4 is 27.2 Å². The third kappa shape index (κ3) is 5.37. The minimum atomic E-state index is -3.57. The molecule has 1 fully saturated rings. The number of Topliss-reactive ketones (excluding diaryl/α,β-unsaturated/α-hetero) is 1. The highest BCUT2D eigenvalue weighted by Crippen LogP contribution is 2.32. The van der Waals surface area contributed by atoms with E-state index in [-0.39, 0.29) is 22.5 Å². The summed E-state index contributed by atoms with van der Waals surface area (Å²) >= 11 is 0. The number of aromatic nitrogens is 2. The molecular weight excluding hydrogens is 476 g/mol. The Kier molecular flexibility index (Phi) is 7.90. The maximum absolute atomic E-state index is 13.2. The third-order valence-electron chi connectivity index (χ3n) is 7.08. The van der Waals surface area contributed by atoms with Crippen molar-refractivity contribution in [2.24, 2.45) is 0 Å². The SMILES string of the molecule is CCN(CC)C(=O)c1cnn2ccc(C3CCN(S(=O)(=O)c4ccc(CCC(C)=O)cc4)CC3)cc12. The van der Waals surface area contributed by atoms with Crippen LogP contribution in [0.4, 0.5) is 0 Å². The molecule has 36 heavy (non-hydrogen) atoms. The van der Waals surface area contributed by atoms with Crippen LogP contribution in [0.1, 0.15) is 67.4 Å². The number of piperidine rings is 1. The van der Waals surface area contributed by atoms with E-state index in [0.717, 1.165) is 16.6 Å². The lowest BCUT2D eigenvalue weighted by molar-refractivity contribution is -0.116. The molecule has 192 valence electrons. The Labute approximate surface area is 213 Å². The molecule has 4 rings (SSSR count). The van der Waals surface area contributed by atoms with Crippen LogP contribution in [-0.4, -0.2) is 65.1 Å². The molecule has 1 amide bonds. The van der Waals surface area contributed by atoms with E-state index in [1.165, 1.54) is 0 Å². The summed E-state index contributed by atoms with van der Waals surface area (Å²) in [7, 11) is -3.57. The summed E-state index contributed by atoms with van der Waals surface area (Å²) in [4.78, 5) is 26.2. The van der Waals surface area contributed by atoms with E-state index in [9.17, 15) is 18.0 Å². The highest BCUT2D eigenvalue weighted by molar-refractivity contribution is 7.89. The molecule has 9 heteroatoms. The number of ketones is 1. The molecule has 0 N–H and O–H groups in total. The standard InChI is InChI=1S/C27H34N4O4S/c1-4-29(5-2)27(33)25-19-28-31-17-14-23(18-26(25)31)22-12-15-30(16-13-22)36(34,35)24-10-8-21(9-11-24)7-6-20(3)32/h8-11,14,17-19,22H,4-7,12-13,15-16H2,1-3H3. The second-order valence-corrected chi connectivity index (χ2v) is 11.3. The van der Waals surface area contributed by atoms with Gasteiger partial charge >= 0.3 is 0 Å². The molecule has 0 aliphatic carbocycles. The maximum atomic E-state index is 13.2. The number of aryl methyl sites for hydroxylation is 1. The molecule has 8 nitrogen and oxygen atoms in total. The Morgan fingerprint density at radius 1 is 1.06 bits per heavy atom. The van der Waals surface area contributed by atoms with Crippen LogP contribution in [0, 0.1) is 0 Å². The summed E-state index contributed by atoms with van der Waals surface area (Å²) in [6.45, 7) is 7.64. The van der Waals surface area contributed by atoms with E-state index in [1.807, 2.05) is 32.2 Å². The lowest BCUT2D eigenvalue weighted by Gasteiger charge is -2.31. The van der Waals surface area contributed by atoms with Crippen LogP contribution in [0.15, 0.2) is 53.7 Å². The third-order valence-corrected chi connectivity index (χ3v) is 8.99. The maximum Gasteiger partial charge on any atom is 0.257 e. The van der Waals surface area contributed by atoms with Crippen LogP contribution >= 0.6 is 0 Å². The molecular formula is C27H34N4O4S. The summed E-state index contributed by atoms with van der Waals surface area (Å²) in [5, 5.41) is 4.35. The number of amides is 1. The lowest BCUT2D eigenvalue weighted by atomic mass is 9.90. The van der Waals surface area contributed by atoms with Crippen molar-refractivity contribution in [1.82, 2.24) is 18.8 Å². The van der Waals surface area contributed by atoms with Gasteiger partial charge in [0.25, 0.3) is 5.91 Å². The summed E-state index contributed by atoms with van der Waals surface area (Å²) in [5.74, 6) is 0.302. The summed E-state index contributed by atoms with van der Waals surface area (Å²) in [5.41, 5.74) is 3.43. The fraction of sp³-hybridized carbons (Fsp3) is 0.444. The van der Waals surface area contributed by atoms with Crippen molar-refractivity contribution in [3.63, 3.8) is 0 Å². The first-order chi connectivity index (χ1) is 17.2. The highest BCUT2D eigenvalue weighted by Gasteiger charge is 2.30. The van der Waals surface area contributed by atoms with E-state index in [2.05, 4.69) is 5.10 Å². The van der Waals surface area contributed by atoms with E-state index < -0.39 is 10.0 Å². The van der Waals surface area contributed by atoms with Crippen LogP contribution < -0.4 is 0 Å². The molecule has 2 aromatic heterocycles. The van der Waals surface area contributed by atoms with Gasteiger partial charge in [-0.2, -0.15) is 9.40 Å². The smallest absolute Gasteiger partial charge is 0.257 e. The Hall–Kier alpha value is -3.04. The number of rotatable bonds is 9. The summed E-state index contributed by atoms with van der Waals surface area (Å²) in [6, 6.07) is 10.9. The van der Waals surface area contributed by atoms with Gasteiger partial charge in [-0.05, 0) is 81.3 Å².